The third kappa shape index (κ3) is 4.40. The van der Waals surface area contributed by atoms with Gasteiger partial charge in [0.05, 0.1) is 11.5 Å². The maximum atomic E-state index is 12.0. The number of likely N-dealkylation sites (N-methyl/N-ethyl adjacent to an activating group) is 1. The van der Waals surface area contributed by atoms with E-state index >= 15 is 0 Å². The number of amides is 1. The zero-order chi connectivity index (χ0) is 16.8. The summed E-state index contributed by atoms with van der Waals surface area (Å²) in [5, 5.41) is 14.0. The first kappa shape index (κ1) is 17.2. The minimum Gasteiger partial charge on any atom is -0.383 e. The van der Waals surface area contributed by atoms with E-state index in [1.807, 2.05) is 11.9 Å². The maximum Gasteiger partial charge on any atom is 0.293 e. The van der Waals surface area contributed by atoms with Crippen LogP contribution in [0.15, 0.2) is 18.2 Å². The Balaban J connectivity index is 2.18. The van der Waals surface area contributed by atoms with Crippen LogP contribution in [0.3, 0.4) is 0 Å². The van der Waals surface area contributed by atoms with Crippen LogP contribution in [0.4, 0.5) is 11.4 Å². The zero-order valence-corrected chi connectivity index (χ0v) is 13.4. The van der Waals surface area contributed by atoms with Crippen LogP contribution in [-0.4, -0.2) is 69.2 Å². The summed E-state index contributed by atoms with van der Waals surface area (Å²) in [6.45, 7) is 3.94. The predicted octanol–water partition coefficient (Wildman–Crippen LogP) is 0.723. The van der Waals surface area contributed by atoms with Crippen LogP contribution in [0.25, 0.3) is 0 Å². The number of carbonyl (C=O) groups is 1. The van der Waals surface area contributed by atoms with Crippen LogP contribution in [-0.2, 0) is 4.74 Å². The Morgan fingerprint density at radius 3 is 2.65 bits per heavy atom. The van der Waals surface area contributed by atoms with Gasteiger partial charge in [-0.15, -0.1) is 0 Å². The van der Waals surface area contributed by atoms with E-state index in [4.69, 9.17) is 4.74 Å². The summed E-state index contributed by atoms with van der Waals surface area (Å²) in [7, 11) is 3.57. The number of ether oxygens (including phenoxy) is 1. The topological polar surface area (TPSA) is 88.0 Å². The van der Waals surface area contributed by atoms with Gasteiger partial charge in [0, 0.05) is 51.5 Å². The van der Waals surface area contributed by atoms with E-state index in [0.29, 0.717) is 18.8 Å². The molecule has 0 aromatic heterocycles. The van der Waals surface area contributed by atoms with Crippen molar-refractivity contribution in [2.24, 2.45) is 0 Å². The molecule has 0 spiro atoms. The quantitative estimate of drug-likeness (QED) is 0.472. The molecule has 1 fully saturated rings. The number of hydrogen-bond donors (Lipinski definition) is 1. The number of nitrogens with one attached hydrogen (secondary N) is 1. The molecular formula is C15H22N4O4. The van der Waals surface area contributed by atoms with Gasteiger partial charge in [-0.25, -0.2) is 0 Å². The van der Waals surface area contributed by atoms with Crippen molar-refractivity contribution >= 4 is 17.3 Å². The summed E-state index contributed by atoms with van der Waals surface area (Å²) in [6.07, 6.45) is 0. The maximum absolute atomic E-state index is 12.0. The molecule has 1 saturated heterocycles. The molecule has 1 amide bonds. The van der Waals surface area contributed by atoms with E-state index in [-0.39, 0.29) is 17.2 Å². The van der Waals surface area contributed by atoms with Gasteiger partial charge in [-0.05, 0) is 19.2 Å². The number of piperazine rings is 1. The molecule has 1 aliphatic rings. The third-order valence-electron chi connectivity index (χ3n) is 3.87. The third-order valence-corrected chi connectivity index (χ3v) is 3.87. The fourth-order valence-electron chi connectivity index (χ4n) is 2.49. The van der Waals surface area contributed by atoms with Crippen molar-refractivity contribution < 1.29 is 14.5 Å². The summed E-state index contributed by atoms with van der Waals surface area (Å²) in [6, 6.07) is 4.63. The van der Waals surface area contributed by atoms with Crippen molar-refractivity contribution in [1.82, 2.24) is 10.2 Å². The first-order valence-corrected chi connectivity index (χ1v) is 7.52. The number of methoxy groups -OCH3 is 1. The van der Waals surface area contributed by atoms with E-state index in [2.05, 4.69) is 10.2 Å². The second-order valence-corrected chi connectivity index (χ2v) is 5.50. The number of carbonyl (C=O) groups excluding carboxylic acids is 1. The molecule has 1 aromatic rings. The molecule has 0 saturated carbocycles. The Morgan fingerprint density at radius 1 is 1.35 bits per heavy atom. The molecule has 0 aliphatic carbocycles. The number of nitro benzene ring substituents is 1. The summed E-state index contributed by atoms with van der Waals surface area (Å²) in [5.74, 6) is -0.338. The normalized spacial score (nSPS) is 15.5. The molecule has 1 N–H and O–H groups in total. The van der Waals surface area contributed by atoms with Crippen molar-refractivity contribution in [3.05, 3.63) is 33.9 Å². The summed E-state index contributed by atoms with van der Waals surface area (Å²) >= 11 is 0. The number of benzene rings is 1. The van der Waals surface area contributed by atoms with Crippen molar-refractivity contribution in [3.63, 3.8) is 0 Å². The number of nitro groups is 1. The second kappa shape index (κ2) is 7.89. The molecule has 8 heteroatoms. The van der Waals surface area contributed by atoms with Crippen LogP contribution >= 0.6 is 0 Å². The highest BCUT2D eigenvalue weighted by molar-refractivity contribution is 5.95. The highest BCUT2D eigenvalue weighted by atomic mass is 16.6. The molecular weight excluding hydrogens is 300 g/mol. The Morgan fingerprint density at radius 2 is 2.04 bits per heavy atom. The highest BCUT2D eigenvalue weighted by Gasteiger charge is 2.24. The highest BCUT2D eigenvalue weighted by Crippen LogP contribution is 2.30. The number of nitrogens with zero attached hydrogens (tertiary/aromatic N) is 3. The molecule has 1 aliphatic heterocycles. The van der Waals surface area contributed by atoms with Gasteiger partial charge in [0.1, 0.15) is 5.69 Å². The van der Waals surface area contributed by atoms with Gasteiger partial charge < -0.3 is 19.9 Å². The van der Waals surface area contributed by atoms with E-state index in [1.165, 1.54) is 6.07 Å². The summed E-state index contributed by atoms with van der Waals surface area (Å²) in [4.78, 5) is 27.1. The molecule has 2 rings (SSSR count). The van der Waals surface area contributed by atoms with Gasteiger partial charge in [0.25, 0.3) is 11.6 Å². The van der Waals surface area contributed by atoms with Gasteiger partial charge in [-0.1, -0.05) is 0 Å². The average molecular weight is 322 g/mol. The average Bonchev–Trinajstić information content (AvgIpc) is 2.55. The Labute approximate surface area is 135 Å². The zero-order valence-electron chi connectivity index (χ0n) is 13.4. The SMILES string of the molecule is COCCNC(=O)c1ccc(N2CCN(C)CC2)c([N+](=O)[O-])c1. The lowest BCUT2D eigenvalue weighted by molar-refractivity contribution is -0.384. The van der Waals surface area contributed by atoms with Gasteiger partial charge in [-0.2, -0.15) is 0 Å². The molecule has 0 radical (unpaired) electrons. The van der Waals surface area contributed by atoms with E-state index < -0.39 is 4.92 Å². The van der Waals surface area contributed by atoms with Crippen LogP contribution < -0.4 is 10.2 Å². The molecule has 126 valence electrons. The smallest absolute Gasteiger partial charge is 0.293 e. The van der Waals surface area contributed by atoms with Crippen LogP contribution in [0, 0.1) is 10.1 Å². The minimum atomic E-state index is -0.431. The molecule has 0 atom stereocenters. The van der Waals surface area contributed by atoms with E-state index in [0.717, 1.165) is 26.2 Å². The molecule has 1 heterocycles. The van der Waals surface area contributed by atoms with Crippen molar-refractivity contribution in [2.75, 3.05) is 58.4 Å². The van der Waals surface area contributed by atoms with Crippen molar-refractivity contribution in [1.29, 1.82) is 0 Å². The monoisotopic (exact) mass is 322 g/mol. The van der Waals surface area contributed by atoms with Gasteiger partial charge in [0.15, 0.2) is 0 Å². The lowest BCUT2D eigenvalue weighted by Gasteiger charge is -2.33. The van der Waals surface area contributed by atoms with Crippen LogP contribution in [0.1, 0.15) is 10.4 Å². The van der Waals surface area contributed by atoms with Crippen LogP contribution in [0.5, 0.6) is 0 Å². The molecule has 0 unspecified atom stereocenters. The molecule has 23 heavy (non-hydrogen) atoms. The molecule has 8 nitrogen and oxygen atoms in total. The van der Waals surface area contributed by atoms with Crippen LogP contribution in [0.2, 0.25) is 0 Å². The number of hydrogen-bond acceptors (Lipinski definition) is 6. The molecule has 0 bridgehead atoms. The number of anilines is 1. The van der Waals surface area contributed by atoms with E-state index in [1.54, 1.807) is 19.2 Å². The largest absolute Gasteiger partial charge is 0.383 e. The second-order valence-electron chi connectivity index (χ2n) is 5.50. The summed E-state index contributed by atoms with van der Waals surface area (Å²) < 4.78 is 4.86. The van der Waals surface area contributed by atoms with Gasteiger partial charge in [-0.3, -0.25) is 14.9 Å². The fourth-order valence-corrected chi connectivity index (χ4v) is 2.49. The Hall–Kier alpha value is -2.19. The lowest BCUT2D eigenvalue weighted by Crippen LogP contribution is -2.44. The number of rotatable bonds is 6. The molecule has 1 aromatic carbocycles. The van der Waals surface area contributed by atoms with Crippen molar-refractivity contribution in [2.45, 2.75) is 0 Å². The minimum absolute atomic E-state index is 0.0334. The van der Waals surface area contributed by atoms with Gasteiger partial charge >= 0.3 is 0 Å². The lowest BCUT2D eigenvalue weighted by atomic mass is 10.1. The Bertz CT molecular complexity index is 571. The van der Waals surface area contributed by atoms with Gasteiger partial charge in [0.2, 0.25) is 0 Å². The first-order valence-electron chi connectivity index (χ1n) is 7.52. The predicted molar refractivity (Wildman–Crippen MR) is 87.0 cm³/mol. The Kier molecular flexibility index (Phi) is 5.89. The van der Waals surface area contributed by atoms with E-state index in [9.17, 15) is 14.9 Å². The fraction of sp³-hybridized carbons (Fsp3) is 0.533. The summed E-state index contributed by atoms with van der Waals surface area (Å²) in [5.41, 5.74) is 0.816. The first-order chi connectivity index (χ1) is 11.0. The standard InChI is InChI=1S/C15H22N4O4/c1-17-6-8-18(9-7-17)13-4-3-12(11-14(13)19(21)22)15(20)16-5-10-23-2/h3-4,11H,5-10H2,1-2H3,(H,16,20). The van der Waals surface area contributed by atoms with Crippen molar-refractivity contribution in [3.8, 4) is 0 Å².